The minimum Gasteiger partial charge on any atom is -0.307 e. The van der Waals surface area contributed by atoms with Crippen LogP contribution in [0.2, 0.25) is 10.0 Å². The number of nitrogens with zero attached hydrogens (tertiary/aromatic N) is 4. The second-order valence-electron chi connectivity index (χ2n) is 3.83. The van der Waals surface area contributed by atoms with Crippen molar-refractivity contribution in [2.24, 2.45) is 5.84 Å². The van der Waals surface area contributed by atoms with Crippen LogP contribution in [0.1, 0.15) is 25.5 Å². The number of hydrogen-bond acceptors (Lipinski definition) is 5. The summed E-state index contributed by atoms with van der Waals surface area (Å²) in [4.78, 5) is 8.69. The van der Waals surface area contributed by atoms with E-state index in [-0.39, 0.29) is 0 Å². The van der Waals surface area contributed by atoms with Gasteiger partial charge in [0.15, 0.2) is 17.5 Å². The molecular formula is C11H14Cl2N6. The first kappa shape index (κ1) is 14.0. The number of aromatic nitrogens is 4. The number of nitrogen functional groups attached to an aromatic ring is 1. The summed E-state index contributed by atoms with van der Waals surface area (Å²) < 4.78 is 1.62. The molecule has 0 bridgehead atoms. The van der Waals surface area contributed by atoms with Crippen LogP contribution in [-0.2, 0) is 12.8 Å². The number of pyridine rings is 1. The van der Waals surface area contributed by atoms with Crippen molar-refractivity contribution in [1.29, 1.82) is 0 Å². The molecule has 0 saturated carbocycles. The molecule has 0 aromatic carbocycles. The molecule has 0 aliphatic carbocycles. The minimum atomic E-state index is 0.344. The van der Waals surface area contributed by atoms with Crippen LogP contribution in [0.4, 0.5) is 5.82 Å². The maximum atomic E-state index is 6.17. The molecule has 0 atom stereocenters. The van der Waals surface area contributed by atoms with Crippen molar-refractivity contribution < 1.29 is 0 Å². The zero-order chi connectivity index (χ0) is 14.0. The lowest BCUT2D eigenvalue weighted by atomic mass is 10.4. The van der Waals surface area contributed by atoms with Crippen molar-refractivity contribution in [3.8, 4) is 5.82 Å². The molecule has 2 rings (SSSR count). The van der Waals surface area contributed by atoms with Gasteiger partial charge < -0.3 is 5.43 Å². The van der Waals surface area contributed by atoms with Gasteiger partial charge in [0.1, 0.15) is 5.82 Å². The van der Waals surface area contributed by atoms with E-state index in [0.717, 1.165) is 24.5 Å². The second kappa shape index (κ2) is 5.73. The van der Waals surface area contributed by atoms with Crippen LogP contribution in [0.5, 0.6) is 0 Å². The summed E-state index contributed by atoms with van der Waals surface area (Å²) in [6, 6.07) is 1.58. The molecule has 0 aliphatic heterocycles. The summed E-state index contributed by atoms with van der Waals surface area (Å²) in [6.45, 7) is 3.98. The van der Waals surface area contributed by atoms with E-state index in [4.69, 9.17) is 29.0 Å². The molecule has 2 aromatic heterocycles. The van der Waals surface area contributed by atoms with Gasteiger partial charge in [0.25, 0.3) is 0 Å². The maximum Gasteiger partial charge on any atom is 0.176 e. The van der Waals surface area contributed by atoms with Crippen molar-refractivity contribution in [1.82, 2.24) is 19.7 Å². The van der Waals surface area contributed by atoms with Crippen molar-refractivity contribution >= 4 is 29.0 Å². The second-order valence-corrected chi connectivity index (χ2v) is 4.65. The molecule has 19 heavy (non-hydrogen) atoms. The molecule has 102 valence electrons. The first-order chi connectivity index (χ1) is 9.10. The normalized spacial score (nSPS) is 10.8. The quantitative estimate of drug-likeness (QED) is 0.669. The molecule has 2 aromatic rings. The third kappa shape index (κ3) is 2.65. The Morgan fingerprint density at radius 3 is 2.53 bits per heavy atom. The molecule has 8 heteroatoms. The Balaban J connectivity index is 2.60. The van der Waals surface area contributed by atoms with E-state index < -0.39 is 0 Å². The predicted molar refractivity (Wildman–Crippen MR) is 75.7 cm³/mol. The molecule has 3 N–H and O–H groups in total. The summed E-state index contributed by atoms with van der Waals surface area (Å²) in [7, 11) is 0. The van der Waals surface area contributed by atoms with E-state index in [2.05, 4.69) is 20.5 Å². The zero-order valence-corrected chi connectivity index (χ0v) is 12.1. The molecule has 0 unspecified atom stereocenters. The molecule has 6 nitrogen and oxygen atoms in total. The fraction of sp³-hybridized carbons (Fsp3) is 0.364. The smallest absolute Gasteiger partial charge is 0.176 e. The van der Waals surface area contributed by atoms with Gasteiger partial charge in [-0.1, -0.05) is 37.0 Å². The van der Waals surface area contributed by atoms with Gasteiger partial charge in [-0.05, 0) is 6.07 Å². The van der Waals surface area contributed by atoms with Crippen molar-refractivity contribution in [3.63, 3.8) is 0 Å². The molecular weight excluding hydrogens is 287 g/mol. The lowest BCUT2D eigenvalue weighted by Crippen LogP contribution is -2.12. The predicted octanol–water partition coefficient (Wildman–Crippen LogP) is 2.38. The Morgan fingerprint density at radius 2 is 1.95 bits per heavy atom. The highest BCUT2D eigenvalue weighted by atomic mass is 35.5. The van der Waals surface area contributed by atoms with Gasteiger partial charge in [-0.2, -0.15) is 4.68 Å². The SMILES string of the molecule is CCc1nc(CC)n(-c2nc(NN)c(Cl)cc2Cl)n1. The Kier molecular flexibility index (Phi) is 4.24. The third-order valence-electron chi connectivity index (χ3n) is 2.60. The van der Waals surface area contributed by atoms with Gasteiger partial charge in [0.05, 0.1) is 10.0 Å². The van der Waals surface area contributed by atoms with E-state index in [1.54, 1.807) is 10.7 Å². The van der Waals surface area contributed by atoms with Crippen molar-refractivity contribution in [3.05, 3.63) is 27.8 Å². The van der Waals surface area contributed by atoms with Crippen molar-refractivity contribution in [2.45, 2.75) is 26.7 Å². The summed E-state index contributed by atoms with van der Waals surface area (Å²) in [6.07, 6.45) is 1.46. The Bertz CT molecular complexity index is 595. The summed E-state index contributed by atoms with van der Waals surface area (Å²) >= 11 is 12.1. The molecule has 0 aliphatic rings. The average molecular weight is 301 g/mol. The van der Waals surface area contributed by atoms with Gasteiger partial charge in [-0.25, -0.2) is 15.8 Å². The number of aryl methyl sites for hydroxylation is 2. The van der Waals surface area contributed by atoms with Gasteiger partial charge in [0.2, 0.25) is 0 Å². The van der Waals surface area contributed by atoms with Gasteiger partial charge in [-0.3, -0.25) is 0 Å². The van der Waals surface area contributed by atoms with E-state index in [1.807, 2.05) is 13.8 Å². The Hall–Kier alpha value is -1.37. The Labute approximate surface area is 120 Å². The zero-order valence-electron chi connectivity index (χ0n) is 10.6. The van der Waals surface area contributed by atoms with E-state index >= 15 is 0 Å². The molecule has 0 spiro atoms. The molecule has 0 saturated heterocycles. The molecule has 0 amide bonds. The number of hydrogen-bond donors (Lipinski definition) is 2. The molecule has 0 fully saturated rings. The standard InChI is InChI=1S/C11H14Cl2N6/c1-3-8-15-9(4-2)19(18-8)11-7(13)5-6(12)10(16-11)17-14/h5H,3-4,14H2,1-2H3,(H,16,17). The van der Waals surface area contributed by atoms with Crippen LogP contribution in [0.3, 0.4) is 0 Å². The first-order valence-corrected chi connectivity index (χ1v) is 6.64. The van der Waals surface area contributed by atoms with E-state index in [1.165, 1.54) is 0 Å². The van der Waals surface area contributed by atoms with Gasteiger partial charge in [0, 0.05) is 12.8 Å². The highest BCUT2D eigenvalue weighted by molar-refractivity contribution is 6.36. The van der Waals surface area contributed by atoms with Crippen LogP contribution in [-0.4, -0.2) is 19.7 Å². The summed E-state index contributed by atoms with van der Waals surface area (Å²) in [5.74, 6) is 7.70. The summed E-state index contributed by atoms with van der Waals surface area (Å²) in [5.41, 5.74) is 2.43. The largest absolute Gasteiger partial charge is 0.307 e. The highest BCUT2D eigenvalue weighted by Gasteiger charge is 2.15. The van der Waals surface area contributed by atoms with Gasteiger partial charge in [-0.15, -0.1) is 5.10 Å². The maximum absolute atomic E-state index is 6.17. The number of nitrogens with two attached hydrogens (primary N) is 1. The van der Waals surface area contributed by atoms with Crippen LogP contribution < -0.4 is 11.3 Å². The average Bonchev–Trinajstić information content (AvgIpc) is 2.82. The lowest BCUT2D eigenvalue weighted by molar-refractivity contribution is 0.770. The lowest BCUT2D eigenvalue weighted by Gasteiger charge is -2.09. The third-order valence-corrected chi connectivity index (χ3v) is 3.17. The van der Waals surface area contributed by atoms with Gasteiger partial charge >= 0.3 is 0 Å². The summed E-state index contributed by atoms with van der Waals surface area (Å²) in [5, 5.41) is 5.13. The molecule has 2 heterocycles. The van der Waals surface area contributed by atoms with Crippen molar-refractivity contribution in [2.75, 3.05) is 5.43 Å². The number of anilines is 1. The fourth-order valence-corrected chi connectivity index (χ4v) is 2.14. The van der Waals surface area contributed by atoms with Crippen LogP contribution >= 0.6 is 23.2 Å². The van der Waals surface area contributed by atoms with Crippen LogP contribution in [0.15, 0.2) is 6.07 Å². The van der Waals surface area contributed by atoms with E-state index in [9.17, 15) is 0 Å². The van der Waals surface area contributed by atoms with Crippen LogP contribution in [0, 0.1) is 0 Å². The Morgan fingerprint density at radius 1 is 1.21 bits per heavy atom. The first-order valence-electron chi connectivity index (χ1n) is 5.88. The monoisotopic (exact) mass is 300 g/mol. The number of rotatable bonds is 4. The molecule has 0 radical (unpaired) electrons. The number of hydrazine groups is 1. The highest BCUT2D eigenvalue weighted by Crippen LogP contribution is 2.28. The topological polar surface area (TPSA) is 81.7 Å². The number of nitrogens with one attached hydrogen (secondary N) is 1. The fourth-order valence-electron chi connectivity index (χ4n) is 1.65. The number of halogens is 2. The minimum absolute atomic E-state index is 0.344. The van der Waals surface area contributed by atoms with E-state index in [0.29, 0.717) is 21.7 Å². The van der Waals surface area contributed by atoms with Crippen LogP contribution in [0.25, 0.3) is 5.82 Å².